The van der Waals surface area contributed by atoms with Crippen LogP contribution in [0.5, 0.6) is 0 Å². The number of hydrogen-bond acceptors (Lipinski definition) is 3. The van der Waals surface area contributed by atoms with E-state index in [4.69, 9.17) is 11.6 Å². The highest BCUT2D eigenvalue weighted by atomic mass is 35.5. The summed E-state index contributed by atoms with van der Waals surface area (Å²) in [5, 5.41) is 2.37. The van der Waals surface area contributed by atoms with E-state index in [-0.39, 0.29) is 10.9 Å². The van der Waals surface area contributed by atoms with E-state index in [0.717, 1.165) is 22.4 Å². The van der Waals surface area contributed by atoms with Crippen molar-refractivity contribution in [1.82, 2.24) is 9.97 Å². The lowest BCUT2D eigenvalue weighted by Gasteiger charge is -2.05. The van der Waals surface area contributed by atoms with Crippen LogP contribution in [0, 0.1) is 6.92 Å². The van der Waals surface area contributed by atoms with Gasteiger partial charge in [0.05, 0.1) is 10.8 Å². The van der Waals surface area contributed by atoms with Crippen LogP contribution < -0.4 is 5.56 Å². The maximum absolute atomic E-state index is 12.4. The molecule has 3 aromatic rings. The molecule has 0 bridgehead atoms. The van der Waals surface area contributed by atoms with Gasteiger partial charge in [0.1, 0.15) is 10.7 Å². The van der Waals surface area contributed by atoms with Gasteiger partial charge in [0, 0.05) is 10.9 Å². The molecular weight excluding hydrogens is 304 g/mol. The summed E-state index contributed by atoms with van der Waals surface area (Å²) >= 11 is 7.66. The molecule has 2 heterocycles. The van der Waals surface area contributed by atoms with Crippen molar-refractivity contribution < 1.29 is 0 Å². The normalized spacial score (nSPS) is 12.7. The summed E-state index contributed by atoms with van der Waals surface area (Å²) in [6, 6.07) is 8.14. The Balaban J connectivity index is 2.19. The SMILES string of the molecule is CCC(Cl)c1nc2scc(-c3ccc(C)cc3)c2c(=O)[nH]1. The van der Waals surface area contributed by atoms with Gasteiger partial charge in [-0.2, -0.15) is 0 Å². The highest BCUT2D eigenvalue weighted by Gasteiger charge is 2.15. The fraction of sp³-hybridized carbons (Fsp3) is 0.250. The van der Waals surface area contributed by atoms with Gasteiger partial charge in [0.2, 0.25) is 0 Å². The van der Waals surface area contributed by atoms with E-state index in [2.05, 4.69) is 9.97 Å². The van der Waals surface area contributed by atoms with Gasteiger partial charge in [-0.15, -0.1) is 22.9 Å². The Kier molecular flexibility index (Phi) is 3.83. The summed E-state index contributed by atoms with van der Waals surface area (Å²) in [7, 11) is 0. The summed E-state index contributed by atoms with van der Waals surface area (Å²) in [5.74, 6) is 0.550. The molecule has 3 nitrogen and oxygen atoms in total. The van der Waals surface area contributed by atoms with Crippen molar-refractivity contribution in [2.45, 2.75) is 25.6 Å². The van der Waals surface area contributed by atoms with Crippen molar-refractivity contribution in [1.29, 1.82) is 0 Å². The minimum atomic E-state index is -0.257. The largest absolute Gasteiger partial charge is 0.309 e. The first-order valence-electron chi connectivity index (χ1n) is 6.82. The number of aryl methyl sites for hydroxylation is 1. The molecule has 5 heteroatoms. The Bertz CT molecular complexity index is 836. The van der Waals surface area contributed by atoms with Crippen LogP contribution in [0.3, 0.4) is 0 Å². The number of aromatic nitrogens is 2. The van der Waals surface area contributed by atoms with E-state index >= 15 is 0 Å². The first-order valence-corrected chi connectivity index (χ1v) is 8.14. The fourth-order valence-electron chi connectivity index (χ4n) is 2.25. The molecule has 0 aliphatic rings. The lowest BCUT2D eigenvalue weighted by atomic mass is 10.1. The zero-order valence-electron chi connectivity index (χ0n) is 11.8. The third-order valence-corrected chi connectivity index (χ3v) is 4.87. The number of nitrogens with zero attached hydrogens (tertiary/aromatic N) is 1. The van der Waals surface area contributed by atoms with E-state index in [1.165, 1.54) is 16.9 Å². The second-order valence-electron chi connectivity index (χ2n) is 5.02. The molecule has 0 aliphatic carbocycles. The van der Waals surface area contributed by atoms with Gasteiger partial charge in [-0.25, -0.2) is 4.98 Å². The molecule has 0 radical (unpaired) electrons. The van der Waals surface area contributed by atoms with E-state index < -0.39 is 0 Å². The van der Waals surface area contributed by atoms with Crippen LogP contribution in [0.4, 0.5) is 0 Å². The molecule has 1 aromatic carbocycles. The number of alkyl halides is 1. The van der Waals surface area contributed by atoms with E-state index in [1.54, 1.807) is 0 Å². The van der Waals surface area contributed by atoms with Crippen LogP contribution >= 0.6 is 22.9 Å². The van der Waals surface area contributed by atoms with Crippen LogP contribution in [0.25, 0.3) is 21.3 Å². The van der Waals surface area contributed by atoms with E-state index in [9.17, 15) is 4.79 Å². The van der Waals surface area contributed by atoms with Crippen molar-refractivity contribution in [3.8, 4) is 11.1 Å². The van der Waals surface area contributed by atoms with Gasteiger partial charge in [0.15, 0.2) is 0 Å². The number of fused-ring (bicyclic) bond motifs is 1. The third kappa shape index (κ3) is 2.61. The van der Waals surface area contributed by atoms with Gasteiger partial charge in [0.25, 0.3) is 5.56 Å². The molecule has 0 spiro atoms. The number of halogens is 1. The Labute approximate surface area is 131 Å². The predicted molar refractivity (Wildman–Crippen MR) is 89.3 cm³/mol. The van der Waals surface area contributed by atoms with Crippen LogP contribution in [0.1, 0.15) is 30.1 Å². The molecule has 1 atom stereocenters. The molecule has 0 aliphatic heterocycles. The van der Waals surface area contributed by atoms with Crippen LogP contribution in [-0.4, -0.2) is 9.97 Å². The monoisotopic (exact) mass is 318 g/mol. The minimum absolute atomic E-state index is 0.120. The topological polar surface area (TPSA) is 45.8 Å². The average molecular weight is 319 g/mol. The number of benzene rings is 1. The Morgan fingerprint density at radius 2 is 2.05 bits per heavy atom. The minimum Gasteiger partial charge on any atom is -0.309 e. The van der Waals surface area contributed by atoms with E-state index in [1.807, 2.05) is 43.5 Å². The van der Waals surface area contributed by atoms with Gasteiger partial charge < -0.3 is 4.98 Å². The molecule has 0 fully saturated rings. The van der Waals surface area contributed by atoms with Crippen molar-refractivity contribution in [3.05, 3.63) is 51.4 Å². The highest BCUT2D eigenvalue weighted by Crippen LogP contribution is 2.32. The van der Waals surface area contributed by atoms with E-state index in [0.29, 0.717) is 11.2 Å². The second-order valence-corrected chi connectivity index (χ2v) is 6.41. The molecule has 108 valence electrons. The highest BCUT2D eigenvalue weighted by molar-refractivity contribution is 7.17. The summed E-state index contributed by atoms with van der Waals surface area (Å²) in [6.45, 7) is 4.01. The smallest absolute Gasteiger partial charge is 0.260 e. The van der Waals surface area contributed by atoms with Crippen LogP contribution in [0.2, 0.25) is 0 Å². The summed E-state index contributed by atoms with van der Waals surface area (Å²) in [4.78, 5) is 20.5. The third-order valence-electron chi connectivity index (χ3n) is 3.48. The number of aromatic amines is 1. The standard InChI is InChI=1S/C16H15ClN2OS/c1-3-12(17)14-18-15(20)13-11(8-21-16(13)19-14)10-6-4-9(2)5-7-10/h4-8,12H,3H2,1-2H3,(H,18,19,20). The van der Waals surface area contributed by atoms with Crippen molar-refractivity contribution >= 4 is 33.2 Å². The van der Waals surface area contributed by atoms with Gasteiger partial charge in [-0.1, -0.05) is 36.8 Å². The molecule has 3 rings (SSSR count). The maximum atomic E-state index is 12.4. The molecule has 1 N–H and O–H groups in total. The number of H-pyrrole nitrogens is 1. The zero-order chi connectivity index (χ0) is 15.0. The molecule has 21 heavy (non-hydrogen) atoms. The zero-order valence-corrected chi connectivity index (χ0v) is 13.4. The lowest BCUT2D eigenvalue weighted by molar-refractivity contribution is 0.807. The number of thiophene rings is 1. The summed E-state index contributed by atoms with van der Waals surface area (Å²) < 4.78 is 0. The molecule has 0 saturated heterocycles. The van der Waals surface area contributed by atoms with Crippen molar-refractivity contribution in [2.75, 3.05) is 0 Å². The Morgan fingerprint density at radius 3 is 2.71 bits per heavy atom. The average Bonchev–Trinajstić information content (AvgIpc) is 2.91. The fourth-order valence-corrected chi connectivity index (χ4v) is 3.31. The number of nitrogens with one attached hydrogen (secondary N) is 1. The maximum Gasteiger partial charge on any atom is 0.260 e. The molecule has 0 saturated carbocycles. The molecule has 2 aromatic heterocycles. The first kappa shape index (κ1) is 14.3. The van der Waals surface area contributed by atoms with Crippen LogP contribution in [-0.2, 0) is 0 Å². The summed E-state index contributed by atoms with van der Waals surface area (Å²) in [5.41, 5.74) is 3.04. The molecule has 0 amide bonds. The molecule has 1 unspecified atom stereocenters. The summed E-state index contributed by atoms with van der Waals surface area (Å²) in [6.07, 6.45) is 0.728. The van der Waals surface area contributed by atoms with Crippen molar-refractivity contribution in [2.24, 2.45) is 0 Å². The Hall–Kier alpha value is -1.65. The quantitative estimate of drug-likeness (QED) is 0.714. The Morgan fingerprint density at radius 1 is 1.33 bits per heavy atom. The number of rotatable bonds is 3. The van der Waals surface area contributed by atoms with Gasteiger partial charge in [-0.3, -0.25) is 4.79 Å². The second kappa shape index (κ2) is 5.62. The molecular formula is C16H15ClN2OS. The van der Waals surface area contributed by atoms with Crippen molar-refractivity contribution in [3.63, 3.8) is 0 Å². The lowest BCUT2D eigenvalue weighted by Crippen LogP contribution is -2.12. The number of hydrogen-bond donors (Lipinski definition) is 1. The first-order chi connectivity index (χ1) is 10.1. The van der Waals surface area contributed by atoms with Gasteiger partial charge in [-0.05, 0) is 18.9 Å². The predicted octanol–water partition coefficient (Wildman–Crippen LogP) is 4.65. The van der Waals surface area contributed by atoms with Gasteiger partial charge >= 0.3 is 0 Å². The van der Waals surface area contributed by atoms with Crippen LogP contribution in [0.15, 0.2) is 34.4 Å².